The Labute approximate surface area is 119 Å². The van der Waals surface area contributed by atoms with Crippen molar-refractivity contribution < 1.29 is 4.79 Å². The zero-order valence-corrected chi connectivity index (χ0v) is 12.1. The minimum Gasteiger partial charge on any atom is -0.361 e. The molecule has 1 aromatic heterocycles. The lowest BCUT2D eigenvalue weighted by Crippen LogP contribution is -2.47. The number of hydrogen-bond donors (Lipinski definition) is 1. The maximum atomic E-state index is 12.4. The van der Waals surface area contributed by atoms with Gasteiger partial charge in [0.05, 0.1) is 6.42 Å². The predicted octanol–water partition coefficient (Wildman–Crippen LogP) is 1.79. The highest BCUT2D eigenvalue weighted by atomic mass is 16.2. The average Bonchev–Trinajstić information content (AvgIpc) is 2.82. The van der Waals surface area contributed by atoms with Gasteiger partial charge in [0, 0.05) is 43.3 Å². The Morgan fingerprint density at radius 3 is 2.75 bits per heavy atom. The fourth-order valence-corrected chi connectivity index (χ4v) is 2.77. The van der Waals surface area contributed by atoms with Gasteiger partial charge >= 0.3 is 0 Å². The second kappa shape index (κ2) is 5.29. The number of H-pyrrole nitrogens is 1. The molecule has 1 aromatic carbocycles. The summed E-state index contributed by atoms with van der Waals surface area (Å²) >= 11 is 0. The van der Waals surface area contributed by atoms with Crippen LogP contribution < -0.4 is 0 Å². The van der Waals surface area contributed by atoms with Crippen LogP contribution in [-0.2, 0) is 11.2 Å². The molecule has 0 saturated carbocycles. The molecule has 1 saturated heterocycles. The van der Waals surface area contributed by atoms with Crippen LogP contribution in [0.2, 0.25) is 0 Å². The van der Waals surface area contributed by atoms with Crippen LogP contribution in [0.4, 0.5) is 0 Å². The van der Waals surface area contributed by atoms with Crippen molar-refractivity contribution in [2.24, 2.45) is 0 Å². The van der Waals surface area contributed by atoms with Crippen LogP contribution in [0.5, 0.6) is 0 Å². The quantitative estimate of drug-likeness (QED) is 0.904. The van der Waals surface area contributed by atoms with Gasteiger partial charge in [0.25, 0.3) is 0 Å². The fourth-order valence-electron chi connectivity index (χ4n) is 2.77. The molecule has 4 heteroatoms. The van der Waals surface area contributed by atoms with Gasteiger partial charge in [0.2, 0.25) is 5.91 Å². The predicted molar refractivity (Wildman–Crippen MR) is 80.8 cm³/mol. The molecule has 0 atom stereocenters. The summed E-state index contributed by atoms with van der Waals surface area (Å²) in [5.41, 5.74) is 3.44. The van der Waals surface area contributed by atoms with E-state index >= 15 is 0 Å². The third-order valence-corrected chi connectivity index (χ3v) is 4.12. The third-order valence-electron chi connectivity index (χ3n) is 4.12. The molecule has 0 radical (unpaired) electrons. The number of aromatic nitrogens is 1. The molecule has 20 heavy (non-hydrogen) atoms. The van der Waals surface area contributed by atoms with Crippen molar-refractivity contribution in [2.75, 3.05) is 33.2 Å². The standard InChI is InChI=1S/C16H21N3O/c1-12-3-4-15-14(9-12)13(11-17-15)10-16(20)19-7-5-18(2)6-8-19/h3-4,9,11,17H,5-8,10H2,1-2H3. The Bertz CT molecular complexity index is 624. The van der Waals surface area contributed by atoms with Crippen molar-refractivity contribution in [2.45, 2.75) is 13.3 Å². The van der Waals surface area contributed by atoms with Gasteiger partial charge in [-0.2, -0.15) is 0 Å². The maximum Gasteiger partial charge on any atom is 0.227 e. The second-order valence-electron chi connectivity index (χ2n) is 5.72. The molecule has 2 aromatic rings. The van der Waals surface area contributed by atoms with E-state index in [0.717, 1.165) is 37.3 Å². The van der Waals surface area contributed by atoms with Crippen LogP contribution in [0, 0.1) is 6.92 Å². The minimum atomic E-state index is 0.237. The molecule has 0 unspecified atom stereocenters. The molecule has 2 heterocycles. The zero-order valence-electron chi connectivity index (χ0n) is 12.1. The highest BCUT2D eigenvalue weighted by Gasteiger charge is 2.20. The summed E-state index contributed by atoms with van der Waals surface area (Å²) in [5, 5.41) is 1.17. The summed E-state index contributed by atoms with van der Waals surface area (Å²) < 4.78 is 0. The number of rotatable bonds is 2. The van der Waals surface area contributed by atoms with E-state index < -0.39 is 0 Å². The molecule has 3 rings (SSSR count). The van der Waals surface area contributed by atoms with Gasteiger partial charge in [-0.1, -0.05) is 11.6 Å². The van der Waals surface area contributed by atoms with Crippen LogP contribution in [0.25, 0.3) is 10.9 Å². The molecule has 4 nitrogen and oxygen atoms in total. The lowest BCUT2D eigenvalue weighted by atomic mass is 10.1. The number of hydrogen-bond acceptors (Lipinski definition) is 2. The Balaban J connectivity index is 1.76. The number of aromatic amines is 1. The van der Waals surface area contributed by atoms with Crippen molar-refractivity contribution in [3.05, 3.63) is 35.5 Å². The van der Waals surface area contributed by atoms with Gasteiger partial charge < -0.3 is 14.8 Å². The first-order chi connectivity index (χ1) is 9.63. The first-order valence-electron chi connectivity index (χ1n) is 7.16. The molecule has 1 N–H and O–H groups in total. The van der Waals surface area contributed by atoms with Crippen LogP contribution >= 0.6 is 0 Å². The molecule has 1 fully saturated rings. The van der Waals surface area contributed by atoms with Crippen LogP contribution in [-0.4, -0.2) is 53.9 Å². The summed E-state index contributed by atoms with van der Waals surface area (Å²) in [6.07, 6.45) is 2.46. The van der Waals surface area contributed by atoms with E-state index in [4.69, 9.17) is 0 Å². The number of piperazine rings is 1. The Kier molecular flexibility index (Phi) is 3.49. The van der Waals surface area contributed by atoms with E-state index in [1.165, 1.54) is 10.9 Å². The van der Waals surface area contributed by atoms with Gasteiger partial charge in [-0.25, -0.2) is 0 Å². The van der Waals surface area contributed by atoms with E-state index in [1.54, 1.807) is 0 Å². The average molecular weight is 271 g/mol. The molecule has 106 valence electrons. The summed E-state index contributed by atoms with van der Waals surface area (Å²) in [4.78, 5) is 19.9. The molecule has 1 amide bonds. The molecular formula is C16H21N3O. The number of amides is 1. The largest absolute Gasteiger partial charge is 0.361 e. The molecule has 1 aliphatic rings. The number of likely N-dealkylation sites (N-methyl/N-ethyl adjacent to an activating group) is 1. The number of nitrogens with zero attached hydrogens (tertiary/aromatic N) is 2. The van der Waals surface area contributed by atoms with Crippen LogP contribution in [0.1, 0.15) is 11.1 Å². The summed E-state index contributed by atoms with van der Waals surface area (Å²) in [7, 11) is 2.10. The number of carbonyl (C=O) groups excluding carboxylic acids is 1. The number of carbonyl (C=O) groups is 1. The number of benzene rings is 1. The van der Waals surface area contributed by atoms with Gasteiger partial charge in [-0.3, -0.25) is 4.79 Å². The Hall–Kier alpha value is -1.81. The highest BCUT2D eigenvalue weighted by molar-refractivity contribution is 5.89. The Morgan fingerprint density at radius 2 is 2.00 bits per heavy atom. The first-order valence-corrected chi connectivity index (χ1v) is 7.16. The lowest BCUT2D eigenvalue weighted by molar-refractivity contribution is -0.132. The zero-order chi connectivity index (χ0) is 14.1. The summed E-state index contributed by atoms with van der Waals surface area (Å²) in [6.45, 7) is 5.71. The highest BCUT2D eigenvalue weighted by Crippen LogP contribution is 2.20. The fraction of sp³-hybridized carbons (Fsp3) is 0.438. The maximum absolute atomic E-state index is 12.4. The lowest BCUT2D eigenvalue weighted by Gasteiger charge is -2.32. The van der Waals surface area contributed by atoms with Gasteiger partial charge in [0.1, 0.15) is 0 Å². The van der Waals surface area contributed by atoms with Crippen LogP contribution in [0.15, 0.2) is 24.4 Å². The monoisotopic (exact) mass is 271 g/mol. The van der Waals surface area contributed by atoms with E-state index in [2.05, 4.69) is 42.1 Å². The molecule has 1 aliphatic heterocycles. The van der Waals surface area contributed by atoms with Crippen molar-refractivity contribution in [1.82, 2.24) is 14.8 Å². The smallest absolute Gasteiger partial charge is 0.227 e. The van der Waals surface area contributed by atoms with E-state index in [0.29, 0.717) is 6.42 Å². The molecule has 0 spiro atoms. The SMILES string of the molecule is Cc1ccc2[nH]cc(CC(=O)N3CCN(C)CC3)c2c1. The number of aryl methyl sites for hydroxylation is 1. The summed E-state index contributed by atoms with van der Waals surface area (Å²) in [5.74, 6) is 0.237. The molecule has 0 aliphatic carbocycles. The molecule has 0 bridgehead atoms. The van der Waals surface area contributed by atoms with Gasteiger partial charge in [-0.05, 0) is 31.7 Å². The van der Waals surface area contributed by atoms with Crippen molar-refractivity contribution >= 4 is 16.8 Å². The Morgan fingerprint density at radius 1 is 1.25 bits per heavy atom. The minimum absolute atomic E-state index is 0.237. The second-order valence-corrected chi connectivity index (χ2v) is 5.72. The summed E-state index contributed by atoms with van der Waals surface area (Å²) in [6, 6.07) is 6.32. The van der Waals surface area contributed by atoms with E-state index in [-0.39, 0.29) is 5.91 Å². The van der Waals surface area contributed by atoms with Crippen molar-refractivity contribution in [1.29, 1.82) is 0 Å². The van der Waals surface area contributed by atoms with E-state index in [9.17, 15) is 4.79 Å². The van der Waals surface area contributed by atoms with Crippen molar-refractivity contribution in [3.8, 4) is 0 Å². The normalized spacial score (nSPS) is 16.8. The van der Waals surface area contributed by atoms with Gasteiger partial charge in [-0.15, -0.1) is 0 Å². The van der Waals surface area contributed by atoms with E-state index in [1.807, 2.05) is 11.1 Å². The van der Waals surface area contributed by atoms with Crippen molar-refractivity contribution in [3.63, 3.8) is 0 Å². The topological polar surface area (TPSA) is 39.3 Å². The third kappa shape index (κ3) is 2.56. The van der Waals surface area contributed by atoms with Crippen LogP contribution in [0.3, 0.4) is 0 Å². The van der Waals surface area contributed by atoms with Gasteiger partial charge in [0.15, 0.2) is 0 Å². The number of nitrogens with one attached hydrogen (secondary N) is 1. The number of fused-ring (bicyclic) bond motifs is 1. The molecular weight excluding hydrogens is 250 g/mol. The first kappa shape index (κ1) is 13.2.